The summed E-state index contributed by atoms with van der Waals surface area (Å²) in [5, 5.41) is 0. The van der Waals surface area contributed by atoms with Crippen LogP contribution in [0.4, 0.5) is 4.39 Å². The molecule has 0 atom stereocenters. The number of aromatic nitrogens is 2. The van der Waals surface area contributed by atoms with Gasteiger partial charge in [0.15, 0.2) is 15.6 Å². The van der Waals surface area contributed by atoms with Crippen molar-refractivity contribution in [1.29, 1.82) is 0 Å². The van der Waals surface area contributed by atoms with E-state index in [-0.39, 0.29) is 16.5 Å². The molecule has 0 radical (unpaired) electrons. The van der Waals surface area contributed by atoms with Gasteiger partial charge in [-0.3, -0.25) is 9.20 Å². The number of carbonyl (C=O) groups is 1. The number of sulfone groups is 1. The fourth-order valence-electron chi connectivity index (χ4n) is 3.40. The predicted octanol–water partition coefficient (Wildman–Crippen LogP) is 4.41. The maximum absolute atomic E-state index is 13.5. The van der Waals surface area contributed by atoms with Crippen LogP contribution in [0.1, 0.15) is 17.3 Å². The number of hydrogen-bond acceptors (Lipinski definition) is 4. The van der Waals surface area contributed by atoms with Gasteiger partial charge >= 0.3 is 0 Å². The van der Waals surface area contributed by atoms with Crippen LogP contribution in [-0.2, 0) is 9.84 Å². The molecule has 0 bridgehead atoms. The third-order valence-electron chi connectivity index (χ3n) is 4.69. The molecule has 29 heavy (non-hydrogen) atoms. The number of rotatable bonds is 4. The highest BCUT2D eigenvalue weighted by Crippen LogP contribution is 2.36. The van der Waals surface area contributed by atoms with E-state index in [0.717, 1.165) is 6.26 Å². The molecule has 4 rings (SSSR count). The Balaban J connectivity index is 2.15. The molecule has 0 aliphatic carbocycles. The number of halogens is 1. The van der Waals surface area contributed by atoms with E-state index >= 15 is 0 Å². The topological polar surface area (TPSA) is 68.5 Å². The average molecular weight is 408 g/mol. The lowest BCUT2D eigenvalue weighted by atomic mass is 10.0. The van der Waals surface area contributed by atoms with Gasteiger partial charge in [0.05, 0.1) is 21.8 Å². The molecule has 4 aromatic rings. The molecule has 0 spiro atoms. The first-order chi connectivity index (χ1) is 13.8. The summed E-state index contributed by atoms with van der Waals surface area (Å²) >= 11 is 0. The SMILES string of the molecule is CC(=O)c1cccn2c(-c3ccc(F)cc3)c(-c3ccccc3S(C)(=O)=O)nc12. The summed E-state index contributed by atoms with van der Waals surface area (Å²) in [5.41, 5.74) is 2.90. The number of hydrogen-bond donors (Lipinski definition) is 0. The van der Waals surface area contributed by atoms with Crippen molar-refractivity contribution in [2.75, 3.05) is 6.26 Å². The van der Waals surface area contributed by atoms with Crippen molar-refractivity contribution in [3.05, 3.63) is 78.2 Å². The second-order valence-electron chi connectivity index (χ2n) is 6.76. The van der Waals surface area contributed by atoms with Crippen LogP contribution in [0, 0.1) is 5.82 Å². The Morgan fingerprint density at radius 3 is 2.34 bits per heavy atom. The van der Waals surface area contributed by atoms with Crippen LogP contribution >= 0.6 is 0 Å². The molecular formula is C22H17FN2O3S. The number of benzene rings is 2. The molecule has 0 saturated heterocycles. The summed E-state index contributed by atoms with van der Waals surface area (Å²) in [5.74, 6) is -0.542. The Labute approximate surface area is 167 Å². The largest absolute Gasteiger partial charge is 0.298 e. The van der Waals surface area contributed by atoms with Gasteiger partial charge in [0.2, 0.25) is 0 Å². The van der Waals surface area contributed by atoms with E-state index in [1.807, 2.05) is 0 Å². The number of fused-ring (bicyclic) bond motifs is 1. The van der Waals surface area contributed by atoms with Crippen molar-refractivity contribution in [3.63, 3.8) is 0 Å². The minimum Gasteiger partial charge on any atom is -0.298 e. The van der Waals surface area contributed by atoms with E-state index in [0.29, 0.717) is 33.7 Å². The molecule has 0 aliphatic rings. The number of ketones is 1. The number of Topliss-reactive ketones (excluding diaryl/α,β-unsaturated/α-hetero) is 1. The minimum atomic E-state index is -3.53. The van der Waals surface area contributed by atoms with Gasteiger partial charge in [-0.2, -0.15) is 0 Å². The van der Waals surface area contributed by atoms with Crippen LogP contribution in [-0.4, -0.2) is 29.8 Å². The minimum absolute atomic E-state index is 0.135. The van der Waals surface area contributed by atoms with Crippen LogP contribution in [0.25, 0.3) is 28.2 Å². The molecule has 0 aliphatic heterocycles. The quantitative estimate of drug-likeness (QED) is 0.469. The molecule has 0 unspecified atom stereocenters. The van der Waals surface area contributed by atoms with Crippen LogP contribution in [0.15, 0.2) is 71.8 Å². The summed E-state index contributed by atoms with van der Waals surface area (Å²) in [6.07, 6.45) is 2.89. The number of carbonyl (C=O) groups excluding carboxylic acids is 1. The Morgan fingerprint density at radius 2 is 1.69 bits per heavy atom. The Kier molecular flexibility index (Phi) is 4.55. The molecule has 7 heteroatoms. The highest BCUT2D eigenvalue weighted by molar-refractivity contribution is 7.90. The fourth-order valence-corrected chi connectivity index (χ4v) is 4.29. The van der Waals surface area contributed by atoms with Gasteiger partial charge in [0, 0.05) is 23.6 Å². The summed E-state index contributed by atoms with van der Waals surface area (Å²) in [6, 6.07) is 15.8. The Bertz CT molecular complexity index is 1360. The number of nitrogens with zero attached hydrogens (tertiary/aromatic N) is 2. The first kappa shape index (κ1) is 19.0. The lowest BCUT2D eigenvalue weighted by Crippen LogP contribution is -2.00. The normalized spacial score (nSPS) is 11.7. The molecule has 2 aromatic carbocycles. The maximum Gasteiger partial charge on any atom is 0.176 e. The smallest absolute Gasteiger partial charge is 0.176 e. The lowest BCUT2D eigenvalue weighted by Gasteiger charge is -2.09. The second-order valence-corrected chi connectivity index (χ2v) is 8.74. The van der Waals surface area contributed by atoms with Crippen LogP contribution in [0.3, 0.4) is 0 Å². The van der Waals surface area contributed by atoms with Gasteiger partial charge < -0.3 is 0 Å². The molecule has 0 amide bonds. The fraction of sp³-hybridized carbons (Fsp3) is 0.0909. The molecule has 0 N–H and O–H groups in total. The van der Waals surface area contributed by atoms with E-state index in [2.05, 4.69) is 4.98 Å². The first-order valence-electron chi connectivity index (χ1n) is 8.85. The van der Waals surface area contributed by atoms with Crippen molar-refractivity contribution in [2.24, 2.45) is 0 Å². The zero-order chi connectivity index (χ0) is 20.8. The van der Waals surface area contributed by atoms with Crippen molar-refractivity contribution in [2.45, 2.75) is 11.8 Å². The van der Waals surface area contributed by atoms with Crippen molar-refractivity contribution in [1.82, 2.24) is 9.38 Å². The van der Waals surface area contributed by atoms with Gasteiger partial charge in [0.25, 0.3) is 0 Å². The molecule has 0 fully saturated rings. The zero-order valence-corrected chi connectivity index (χ0v) is 16.6. The van der Waals surface area contributed by atoms with Crippen molar-refractivity contribution < 1.29 is 17.6 Å². The summed E-state index contributed by atoms with van der Waals surface area (Å²) in [7, 11) is -3.53. The highest BCUT2D eigenvalue weighted by Gasteiger charge is 2.23. The van der Waals surface area contributed by atoms with Gasteiger partial charge in [-0.05, 0) is 49.4 Å². The van der Waals surface area contributed by atoms with E-state index in [1.54, 1.807) is 53.1 Å². The molecule has 5 nitrogen and oxygen atoms in total. The van der Waals surface area contributed by atoms with Gasteiger partial charge in [-0.1, -0.05) is 18.2 Å². The summed E-state index contributed by atoms with van der Waals surface area (Å²) in [6.45, 7) is 1.45. The standard InChI is InChI=1S/C22H17FN2O3S/c1-14(26)17-7-5-13-25-21(15-9-11-16(23)12-10-15)20(24-22(17)25)18-6-3-4-8-19(18)29(2,27)28/h3-13H,1-2H3. The Hall–Kier alpha value is -3.32. The number of pyridine rings is 1. The lowest BCUT2D eigenvalue weighted by molar-refractivity contribution is 0.101. The molecule has 146 valence electrons. The summed E-state index contributed by atoms with van der Waals surface area (Å²) < 4.78 is 40.0. The van der Waals surface area contributed by atoms with Gasteiger partial charge in [-0.25, -0.2) is 17.8 Å². The third-order valence-corrected chi connectivity index (χ3v) is 5.84. The predicted molar refractivity (Wildman–Crippen MR) is 109 cm³/mol. The Morgan fingerprint density at radius 1 is 1.00 bits per heavy atom. The second kappa shape index (κ2) is 6.93. The first-order valence-corrected chi connectivity index (χ1v) is 10.7. The third kappa shape index (κ3) is 3.34. The maximum atomic E-state index is 13.5. The average Bonchev–Trinajstić information content (AvgIpc) is 3.07. The zero-order valence-electron chi connectivity index (χ0n) is 15.8. The van der Waals surface area contributed by atoms with Crippen LogP contribution < -0.4 is 0 Å². The molecular weight excluding hydrogens is 391 g/mol. The van der Waals surface area contributed by atoms with Crippen molar-refractivity contribution >= 4 is 21.3 Å². The monoisotopic (exact) mass is 408 g/mol. The summed E-state index contributed by atoms with van der Waals surface area (Å²) in [4.78, 5) is 16.9. The molecule has 2 heterocycles. The van der Waals surface area contributed by atoms with Crippen LogP contribution in [0.5, 0.6) is 0 Å². The van der Waals surface area contributed by atoms with Crippen LogP contribution in [0.2, 0.25) is 0 Å². The van der Waals surface area contributed by atoms with E-state index < -0.39 is 9.84 Å². The highest BCUT2D eigenvalue weighted by atomic mass is 32.2. The van der Waals surface area contributed by atoms with Crippen molar-refractivity contribution in [3.8, 4) is 22.5 Å². The number of imidazole rings is 1. The van der Waals surface area contributed by atoms with Gasteiger partial charge in [0.1, 0.15) is 11.5 Å². The van der Waals surface area contributed by atoms with E-state index in [4.69, 9.17) is 0 Å². The van der Waals surface area contributed by atoms with E-state index in [1.165, 1.54) is 25.1 Å². The molecule has 2 aromatic heterocycles. The van der Waals surface area contributed by atoms with E-state index in [9.17, 15) is 17.6 Å². The van der Waals surface area contributed by atoms with Gasteiger partial charge in [-0.15, -0.1) is 0 Å². The molecule has 0 saturated carbocycles.